The highest BCUT2D eigenvalue weighted by molar-refractivity contribution is 5.61. The van der Waals surface area contributed by atoms with Gasteiger partial charge in [0, 0.05) is 0 Å². The standard InChI is InChI=1S/C17H26FN/c1-6-19-11-14(5)13(4)9-16-8-7-15(12(2)3)10-17(16)18/h7-8,10,13-14,19H,2,6,9,11H2,1,3-5H3. The van der Waals surface area contributed by atoms with Crippen molar-refractivity contribution < 1.29 is 4.39 Å². The van der Waals surface area contributed by atoms with Gasteiger partial charge in [0.1, 0.15) is 5.82 Å². The predicted molar refractivity (Wildman–Crippen MR) is 81.7 cm³/mol. The first kappa shape index (κ1) is 15.9. The monoisotopic (exact) mass is 263 g/mol. The molecule has 0 aromatic heterocycles. The topological polar surface area (TPSA) is 12.0 Å². The Kier molecular flexibility index (Phi) is 6.23. The lowest BCUT2D eigenvalue weighted by Gasteiger charge is -2.20. The number of hydrogen-bond donors (Lipinski definition) is 1. The Hall–Kier alpha value is -1.15. The van der Waals surface area contributed by atoms with E-state index in [0.29, 0.717) is 11.8 Å². The summed E-state index contributed by atoms with van der Waals surface area (Å²) in [5.41, 5.74) is 2.59. The van der Waals surface area contributed by atoms with Gasteiger partial charge in [0.25, 0.3) is 0 Å². The van der Waals surface area contributed by atoms with Crippen LogP contribution in [0.5, 0.6) is 0 Å². The van der Waals surface area contributed by atoms with Crippen LogP contribution in [0.1, 0.15) is 38.8 Å². The molecule has 0 radical (unpaired) electrons. The van der Waals surface area contributed by atoms with Gasteiger partial charge in [-0.25, -0.2) is 4.39 Å². The van der Waals surface area contributed by atoms with E-state index >= 15 is 0 Å². The van der Waals surface area contributed by atoms with Crippen LogP contribution in [0.3, 0.4) is 0 Å². The summed E-state index contributed by atoms with van der Waals surface area (Å²) >= 11 is 0. The number of rotatable bonds is 7. The molecular weight excluding hydrogens is 237 g/mol. The molecule has 1 N–H and O–H groups in total. The minimum atomic E-state index is -0.108. The summed E-state index contributed by atoms with van der Waals surface area (Å²) in [6, 6.07) is 5.46. The summed E-state index contributed by atoms with van der Waals surface area (Å²) in [4.78, 5) is 0. The molecule has 1 aromatic rings. The van der Waals surface area contributed by atoms with Crippen LogP contribution in [0.25, 0.3) is 5.57 Å². The molecule has 1 nitrogen and oxygen atoms in total. The molecular formula is C17H26FN. The Labute approximate surface area is 116 Å². The Bertz CT molecular complexity index is 425. The Morgan fingerprint density at radius 3 is 2.53 bits per heavy atom. The van der Waals surface area contributed by atoms with E-state index in [-0.39, 0.29) is 5.82 Å². The second-order valence-electron chi connectivity index (χ2n) is 5.55. The normalized spacial score (nSPS) is 14.2. The van der Waals surface area contributed by atoms with E-state index in [4.69, 9.17) is 0 Å². The summed E-state index contributed by atoms with van der Waals surface area (Å²) < 4.78 is 14.0. The van der Waals surface area contributed by atoms with Gasteiger partial charge in [-0.3, -0.25) is 0 Å². The van der Waals surface area contributed by atoms with Crippen LogP contribution in [-0.4, -0.2) is 13.1 Å². The molecule has 0 aliphatic rings. The van der Waals surface area contributed by atoms with Crippen molar-refractivity contribution >= 4 is 5.57 Å². The van der Waals surface area contributed by atoms with Crippen molar-refractivity contribution in [2.24, 2.45) is 11.8 Å². The van der Waals surface area contributed by atoms with Crippen LogP contribution >= 0.6 is 0 Å². The molecule has 0 saturated heterocycles. The Morgan fingerprint density at radius 2 is 2.00 bits per heavy atom. The summed E-state index contributed by atoms with van der Waals surface area (Å²) in [7, 11) is 0. The fraction of sp³-hybridized carbons (Fsp3) is 0.529. The Morgan fingerprint density at radius 1 is 1.32 bits per heavy atom. The van der Waals surface area contributed by atoms with Gasteiger partial charge in [-0.15, -0.1) is 0 Å². The zero-order valence-corrected chi connectivity index (χ0v) is 12.6. The number of benzene rings is 1. The second-order valence-corrected chi connectivity index (χ2v) is 5.55. The fourth-order valence-corrected chi connectivity index (χ4v) is 2.10. The van der Waals surface area contributed by atoms with E-state index < -0.39 is 0 Å². The van der Waals surface area contributed by atoms with Gasteiger partial charge in [-0.05, 0) is 55.5 Å². The van der Waals surface area contributed by atoms with Gasteiger partial charge in [0.2, 0.25) is 0 Å². The number of allylic oxidation sites excluding steroid dienone is 1. The van der Waals surface area contributed by atoms with Crippen LogP contribution in [-0.2, 0) is 6.42 Å². The lowest BCUT2D eigenvalue weighted by Crippen LogP contribution is -2.26. The van der Waals surface area contributed by atoms with Crippen molar-refractivity contribution in [1.82, 2.24) is 5.32 Å². The molecule has 2 atom stereocenters. The summed E-state index contributed by atoms with van der Waals surface area (Å²) in [6.07, 6.45) is 0.787. The zero-order chi connectivity index (χ0) is 14.4. The van der Waals surface area contributed by atoms with Crippen molar-refractivity contribution in [2.45, 2.75) is 34.1 Å². The minimum Gasteiger partial charge on any atom is -0.317 e. The largest absolute Gasteiger partial charge is 0.317 e. The lowest BCUT2D eigenvalue weighted by molar-refractivity contribution is 0.364. The third kappa shape index (κ3) is 4.79. The molecule has 0 saturated carbocycles. The maximum atomic E-state index is 14.0. The van der Waals surface area contributed by atoms with Gasteiger partial charge in [0.15, 0.2) is 0 Å². The van der Waals surface area contributed by atoms with Crippen LogP contribution < -0.4 is 5.32 Å². The van der Waals surface area contributed by atoms with Gasteiger partial charge >= 0.3 is 0 Å². The lowest BCUT2D eigenvalue weighted by atomic mass is 9.89. The average Bonchev–Trinajstić information content (AvgIpc) is 2.37. The molecule has 0 aliphatic carbocycles. The molecule has 2 heteroatoms. The smallest absolute Gasteiger partial charge is 0.127 e. The van der Waals surface area contributed by atoms with E-state index in [0.717, 1.165) is 36.2 Å². The highest BCUT2D eigenvalue weighted by Gasteiger charge is 2.14. The van der Waals surface area contributed by atoms with Crippen LogP contribution in [0, 0.1) is 17.7 Å². The number of hydrogen-bond acceptors (Lipinski definition) is 1. The van der Waals surface area contributed by atoms with Crippen LogP contribution in [0.2, 0.25) is 0 Å². The van der Waals surface area contributed by atoms with E-state index in [2.05, 4.69) is 32.7 Å². The molecule has 0 heterocycles. The van der Waals surface area contributed by atoms with E-state index in [1.54, 1.807) is 6.07 Å². The van der Waals surface area contributed by atoms with Crippen molar-refractivity contribution in [1.29, 1.82) is 0 Å². The van der Waals surface area contributed by atoms with Gasteiger partial charge in [-0.1, -0.05) is 45.1 Å². The first-order chi connectivity index (χ1) is 8.95. The van der Waals surface area contributed by atoms with Crippen molar-refractivity contribution in [3.05, 3.63) is 41.7 Å². The third-order valence-corrected chi connectivity index (χ3v) is 3.78. The molecule has 0 aliphatic heterocycles. The van der Waals surface area contributed by atoms with Gasteiger partial charge in [0.05, 0.1) is 0 Å². The summed E-state index contributed by atoms with van der Waals surface area (Å²) in [6.45, 7) is 14.2. The van der Waals surface area contributed by atoms with E-state index in [1.165, 1.54) is 0 Å². The highest BCUT2D eigenvalue weighted by Crippen LogP contribution is 2.21. The number of nitrogens with one attached hydrogen (secondary N) is 1. The molecule has 2 unspecified atom stereocenters. The van der Waals surface area contributed by atoms with E-state index in [1.807, 2.05) is 19.1 Å². The molecule has 1 rings (SSSR count). The quantitative estimate of drug-likeness (QED) is 0.774. The second kappa shape index (κ2) is 7.44. The summed E-state index contributed by atoms with van der Waals surface area (Å²) in [5.74, 6) is 0.896. The van der Waals surface area contributed by atoms with Gasteiger partial charge in [-0.2, -0.15) is 0 Å². The van der Waals surface area contributed by atoms with Crippen LogP contribution in [0.4, 0.5) is 4.39 Å². The molecule has 19 heavy (non-hydrogen) atoms. The fourth-order valence-electron chi connectivity index (χ4n) is 2.10. The maximum absolute atomic E-state index is 14.0. The SMILES string of the molecule is C=C(C)c1ccc(CC(C)C(C)CNCC)c(F)c1. The van der Waals surface area contributed by atoms with Gasteiger partial charge < -0.3 is 5.32 Å². The average molecular weight is 263 g/mol. The third-order valence-electron chi connectivity index (χ3n) is 3.78. The maximum Gasteiger partial charge on any atom is 0.127 e. The highest BCUT2D eigenvalue weighted by atomic mass is 19.1. The molecule has 0 fully saturated rings. The predicted octanol–water partition coefficient (Wildman–Crippen LogP) is 4.28. The van der Waals surface area contributed by atoms with Crippen molar-refractivity contribution in [3.63, 3.8) is 0 Å². The molecule has 106 valence electrons. The minimum absolute atomic E-state index is 0.108. The first-order valence-corrected chi connectivity index (χ1v) is 7.10. The molecule has 0 spiro atoms. The number of halogens is 1. The van der Waals surface area contributed by atoms with Crippen molar-refractivity contribution in [3.8, 4) is 0 Å². The Balaban J connectivity index is 2.69. The molecule has 1 aromatic carbocycles. The zero-order valence-electron chi connectivity index (χ0n) is 12.6. The van der Waals surface area contributed by atoms with Crippen LogP contribution in [0.15, 0.2) is 24.8 Å². The van der Waals surface area contributed by atoms with Crippen molar-refractivity contribution in [2.75, 3.05) is 13.1 Å². The first-order valence-electron chi connectivity index (χ1n) is 7.10. The van der Waals surface area contributed by atoms with E-state index in [9.17, 15) is 4.39 Å². The molecule has 0 bridgehead atoms. The summed E-state index contributed by atoms with van der Waals surface area (Å²) in [5, 5.41) is 3.35. The molecule has 0 amide bonds.